The summed E-state index contributed by atoms with van der Waals surface area (Å²) in [5.41, 5.74) is 2.38. The van der Waals surface area contributed by atoms with Crippen molar-refractivity contribution in [1.82, 2.24) is 10.2 Å². The second kappa shape index (κ2) is 11.9. The number of terminal acetylenes is 1. The van der Waals surface area contributed by atoms with E-state index in [0.29, 0.717) is 16.8 Å². The molecule has 8 nitrogen and oxygen atoms in total. The zero-order valence-electron chi connectivity index (χ0n) is 21.4. The summed E-state index contributed by atoms with van der Waals surface area (Å²) < 4.78 is 5.25. The van der Waals surface area contributed by atoms with Gasteiger partial charge in [-0.15, -0.1) is 0 Å². The van der Waals surface area contributed by atoms with Crippen molar-refractivity contribution < 1.29 is 24.2 Å². The maximum absolute atomic E-state index is 13.6. The molecule has 2 unspecified atom stereocenters. The number of carbonyl (C=O) groups is 3. The lowest BCUT2D eigenvalue weighted by atomic mass is 10.00. The third kappa shape index (κ3) is 7.18. The molecule has 0 saturated heterocycles. The Labute approximate surface area is 217 Å². The zero-order valence-corrected chi connectivity index (χ0v) is 22.3. The number of nitrogens with one attached hydrogen (secondary N) is 2. The van der Waals surface area contributed by atoms with E-state index in [0.717, 1.165) is 16.0 Å². The minimum atomic E-state index is -1.26. The van der Waals surface area contributed by atoms with E-state index in [1.807, 2.05) is 32.0 Å². The fraction of sp³-hybridized carbons (Fsp3) is 0.370. The summed E-state index contributed by atoms with van der Waals surface area (Å²) in [5, 5.41) is 15.4. The van der Waals surface area contributed by atoms with Crippen LogP contribution >= 0.6 is 12.6 Å². The number of aromatic hydroxyl groups is 1. The number of ether oxygens (including phenoxy) is 1. The highest BCUT2D eigenvalue weighted by Gasteiger charge is 2.36. The van der Waals surface area contributed by atoms with Gasteiger partial charge in [0.2, 0.25) is 0 Å². The number of hydrogen-bond acceptors (Lipinski definition) is 6. The molecular formula is C27H33N3O5S. The average Bonchev–Trinajstić information content (AvgIpc) is 2.78. The van der Waals surface area contributed by atoms with Crippen molar-refractivity contribution in [3.8, 4) is 18.2 Å². The lowest BCUT2D eigenvalue weighted by molar-refractivity contribution is -0.136. The van der Waals surface area contributed by atoms with Gasteiger partial charge >= 0.3 is 6.09 Å². The molecule has 3 amide bonds. The molecule has 2 aromatic rings. The molecule has 3 N–H and O–H groups in total. The largest absolute Gasteiger partial charge is 0.508 e. The van der Waals surface area contributed by atoms with Gasteiger partial charge in [-0.1, -0.05) is 30.7 Å². The maximum atomic E-state index is 13.6. The Hall–Kier alpha value is -3.64. The molecule has 2 aromatic carbocycles. The van der Waals surface area contributed by atoms with Crippen molar-refractivity contribution in [2.24, 2.45) is 0 Å². The molecule has 9 heteroatoms. The maximum Gasteiger partial charge on any atom is 0.408 e. The fourth-order valence-electron chi connectivity index (χ4n) is 3.54. The van der Waals surface area contributed by atoms with Gasteiger partial charge in [0.25, 0.3) is 11.8 Å². The number of benzene rings is 2. The Kier molecular flexibility index (Phi) is 9.42. The number of para-hydroxylation sites is 1. The first kappa shape index (κ1) is 28.6. The van der Waals surface area contributed by atoms with Crippen LogP contribution in [0.5, 0.6) is 5.75 Å². The van der Waals surface area contributed by atoms with Gasteiger partial charge in [-0.2, -0.15) is 12.6 Å². The SMILES string of the molecule is C#CN(C(=O)C(CS)NC(=O)OC(C)(C)C)C(C(=O)Nc1c(C)cccc1C)c1ccc(O)c(C)c1. The molecule has 2 atom stereocenters. The van der Waals surface area contributed by atoms with E-state index in [-0.39, 0.29) is 11.5 Å². The monoisotopic (exact) mass is 511 g/mol. The predicted molar refractivity (Wildman–Crippen MR) is 143 cm³/mol. The summed E-state index contributed by atoms with van der Waals surface area (Å²) in [6, 6.07) is 10.00. The minimum Gasteiger partial charge on any atom is -0.508 e. The second-order valence-electron chi connectivity index (χ2n) is 9.42. The van der Waals surface area contributed by atoms with Crippen LogP contribution < -0.4 is 10.6 Å². The van der Waals surface area contributed by atoms with Crippen molar-refractivity contribution in [2.75, 3.05) is 11.1 Å². The number of phenolic OH excluding ortho intramolecular Hbond substituents is 1. The highest BCUT2D eigenvalue weighted by molar-refractivity contribution is 7.80. The van der Waals surface area contributed by atoms with Crippen LogP contribution in [-0.4, -0.2) is 45.3 Å². The highest BCUT2D eigenvalue weighted by atomic mass is 32.1. The molecule has 0 spiro atoms. The molecule has 0 aromatic heterocycles. The molecule has 0 bridgehead atoms. The first-order valence-corrected chi connectivity index (χ1v) is 12.0. The summed E-state index contributed by atoms with van der Waals surface area (Å²) in [7, 11) is 0. The van der Waals surface area contributed by atoms with Gasteiger partial charge in [0, 0.05) is 17.5 Å². The highest BCUT2D eigenvalue weighted by Crippen LogP contribution is 2.29. The van der Waals surface area contributed by atoms with Crippen LogP contribution in [0.2, 0.25) is 0 Å². The average molecular weight is 512 g/mol. The number of thiol groups is 1. The normalized spacial score (nSPS) is 12.6. The third-order valence-corrected chi connectivity index (χ3v) is 5.69. The lowest BCUT2D eigenvalue weighted by Gasteiger charge is -2.30. The summed E-state index contributed by atoms with van der Waals surface area (Å²) in [6.07, 6.45) is 4.94. The van der Waals surface area contributed by atoms with Crippen molar-refractivity contribution in [3.05, 3.63) is 58.7 Å². The van der Waals surface area contributed by atoms with Gasteiger partial charge < -0.3 is 20.5 Å². The van der Waals surface area contributed by atoms with E-state index in [4.69, 9.17) is 11.2 Å². The van der Waals surface area contributed by atoms with Crippen LogP contribution in [0.3, 0.4) is 0 Å². The van der Waals surface area contributed by atoms with Gasteiger partial charge in [0.15, 0.2) is 0 Å². The Bertz CT molecular complexity index is 1160. The molecule has 0 aliphatic rings. The number of rotatable bonds is 7. The quantitative estimate of drug-likeness (QED) is 0.253. The Balaban J connectivity index is 2.49. The molecule has 0 fully saturated rings. The molecule has 0 heterocycles. The number of anilines is 1. The second-order valence-corrected chi connectivity index (χ2v) is 9.79. The number of aryl methyl sites for hydroxylation is 3. The van der Waals surface area contributed by atoms with Crippen LogP contribution in [0.25, 0.3) is 0 Å². The van der Waals surface area contributed by atoms with E-state index in [9.17, 15) is 19.5 Å². The van der Waals surface area contributed by atoms with Crippen molar-refractivity contribution in [1.29, 1.82) is 0 Å². The van der Waals surface area contributed by atoms with Gasteiger partial charge in [-0.25, -0.2) is 4.79 Å². The first-order valence-electron chi connectivity index (χ1n) is 11.3. The van der Waals surface area contributed by atoms with E-state index >= 15 is 0 Å². The number of carbonyl (C=O) groups excluding carboxylic acids is 3. The van der Waals surface area contributed by atoms with Crippen LogP contribution in [0.15, 0.2) is 36.4 Å². The standard InChI is InChI=1S/C27H33N3O5S/c1-8-30(25(33)20(15-36)28-26(34)35-27(5,6)7)23(19-12-13-21(31)18(4)14-19)24(32)29-22-16(2)10-9-11-17(22)3/h1,9-14,20,23,31,36H,15H2,2-7H3,(H,28,34)(H,29,32). The van der Waals surface area contributed by atoms with Gasteiger partial charge in [-0.05, 0) is 75.9 Å². The van der Waals surface area contributed by atoms with E-state index in [1.165, 1.54) is 12.1 Å². The molecule has 36 heavy (non-hydrogen) atoms. The van der Waals surface area contributed by atoms with Gasteiger partial charge in [0.1, 0.15) is 23.4 Å². The zero-order chi connectivity index (χ0) is 27.2. The number of phenols is 1. The fourth-order valence-corrected chi connectivity index (χ4v) is 3.79. The van der Waals surface area contributed by atoms with Crippen molar-refractivity contribution in [3.63, 3.8) is 0 Å². The topological polar surface area (TPSA) is 108 Å². The van der Waals surface area contributed by atoms with E-state index < -0.39 is 35.6 Å². The molecular weight excluding hydrogens is 478 g/mol. The number of amides is 3. The number of hydrogen-bond donors (Lipinski definition) is 4. The van der Waals surface area contributed by atoms with Gasteiger partial charge in [-0.3, -0.25) is 14.5 Å². The van der Waals surface area contributed by atoms with Crippen LogP contribution in [0, 0.1) is 33.2 Å². The molecule has 0 radical (unpaired) electrons. The third-order valence-electron chi connectivity index (χ3n) is 5.32. The number of nitrogens with zero attached hydrogens (tertiary/aromatic N) is 1. The van der Waals surface area contributed by atoms with Crippen LogP contribution in [0.4, 0.5) is 10.5 Å². The lowest BCUT2D eigenvalue weighted by Crippen LogP contribution is -2.51. The minimum absolute atomic E-state index is 0.0334. The van der Waals surface area contributed by atoms with Crippen LogP contribution in [-0.2, 0) is 14.3 Å². The summed E-state index contributed by atoms with van der Waals surface area (Å²) in [5.74, 6) is -1.33. The summed E-state index contributed by atoms with van der Waals surface area (Å²) >= 11 is 4.20. The number of alkyl carbamates (subject to hydrolysis) is 1. The predicted octanol–water partition coefficient (Wildman–Crippen LogP) is 4.24. The molecule has 2 rings (SSSR count). The molecule has 192 valence electrons. The van der Waals surface area contributed by atoms with E-state index in [1.54, 1.807) is 33.8 Å². The van der Waals surface area contributed by atoms with Crippen molar-refractivity contribution in [2.45, 2.75) is 59.2 Å². The summed E-state index contributed by atoms with van der Waals surface area (Å²) in [6.45, 7) is 10.5. The Morgan fingerprint density at radius 2 is 1.72 bits per heavy atom. The van der Waals surface area contributed by atoms with Crippen molar-refractivity contribution >= 4 is 36.2 Å². The molecule has 0 saturated carbocycles. The molecule has 0 aliphatic carbocycles. The Morgan fingerprint density at radius 1 is 1.11 bits per heavy atom. The van der Waals surface area contributed by atoms with Gasteiger partial charge in [0.05, 0.1) is 0 Å². The Morgan fingerprint density at radius 3 is 2.22 bits per heavy atom. The molecule has 0 aliphatic heterocycles. The summed E-state index contributed by atoms with van der Waals surface area (Å²) in [4.78, 5) is 40.4. The first-order chi connectivity index (χ1) is 16.8. The van der Waals surface area contributed by atoms with Crippen LogP contribution in [0.1, 0.15) is 49.1 Å². The smallest absolute Gasteiger partial charge is 0.408 e. The van der Waals surface area contributed by atoms with E-state index in [2.05, 4.69) is 29.3 Å².